The lowest BCUT2D eigenvalue weighted by Gasteiger charge is -2.13. The molecule has 1 N–H and O–H groups in total. The van der Waals surface area contributed by atoms with Crippen LogP contribution in [0.2, 0.25) is 10.0 Å². The third kappa shape index (κ3) is 5.81. The van der Waals surface area contributed by atoms with Gasteiger partial charge in [0.2, 0.25) is 0 Å². The van der Waals surface area contributed by atoms with Gasteiger partial charge in [-0.25, -0.2) is 0 Å². The fraction of sp³-hybridized carbons (Fsp3) is 0.182. The number of nitrogens with one attached hydrogen (secondary N) is 1. The van der Waals surface area contributed by atoms with E-state index in [2.05, 4.69) is 17.4 Å². The molecule has 0 heterocycles. The first-order valence-electron chi connectivity index (χ1n) is 8.67. The van der Waals surface area contributed by atoms with Crippen LogP contribution in [0.4, 0.5) is 5.69 Å². The van der Waals surface area contributed by atoms with Crippen LogP contribution < -0.4 is 14.8 Å². The number of hydrogen-bond donors (Lipinski definition) is 1. The van der Waals surface area contributed by atoms with Gasteiger partial charge in [0.15, 0.2) is 11.5 Å². The van der Waals surface area contributed by atoms with Crippen molar-refractivity contribution in [1.29, 1.82) is 0 Å². The summed E-state index contributed by atoms with van der Waals surface area (Å²) in [5.74, 6) is 1.45. The van der Waals surface area contributed by atoms with Gasteiger partial charge >= 0.3 is 0 Å². The first-order valence-corrected chi connectivity index (χ1v) is 9.43. The van der Waals surface area contributed by atoms with E-state index in [1.165, 1.54) is 5.56 Å². The molecule has 3 aromatic rings. The SMILES string of the molecule is COc1cc(CNc2cc(Cl)cc(Cl)c2)ccc1OCCc1ccccc1. The van der Waals surface area contributed by atoms with Crippen LogP contribution in [0.15, 0.2) is 66.7 Å². The van der Waals surface area contributed by atoms with Crippen LogP contribution >= 0.6 is 23.2 Å². The second-order valence-corrected chi connectivity index (χ2v) is 6.95. The minimum absolute atomic E-state index is 0.596. The molecule has 3 nitrogen and oxygen atoms in total. The highest BCUT2D eigenvalue weighted by molar-refractivity contribution is 6.35. The van der Waals surface area contributed by atoms with Crippen LogP contribution in [-0.4, -0.2) is 13.7 Å². The summed E-state index contributed by atoms with van der Waals surface area (Å²) in [4.78, 5) is 0. The third-order valence-corrected chi connectivity index (χ3v) is 4.51. The Kier molecular flexibility index (Phi) is 6.86. The van der Waals surface area contributed by atoms with E-state index in [9.17, 15) is 0 Å². The van der Waals surface area contributed by atoms with Crippen molar-refractivity contribution in [1.82, 2.24) is 0 Å². The van der Waals surface area contributed by atoms with Gasteiger partial charge in [0.25, 0.3) is 0 Å². The van der Waals surface area contributed by atoms with Crippen molar-refractivity contribution >= 4 is 28.9 Å². The first-order chi connectivity index (χ1) is 13.1. The minimum Gasteiger partial charge on any atom is -0.493 e. The van der Waals surface area contributed by atoms with Crippen LogP contribution in [0.5, 0.6) is 11.5 Å². The van der Waals surface area contributed by atoms with E-state index < -0.39 is 0 Å². The molecule has 5 heteroatoms. The quantitative estimate of drug-likeness (QED) is 0.484. The van der Waals surface area contributed by atoms with Gasteiger partial charge in [-0.2, -0.15) is 0 Å². The van der Waals surface area contributed by atoms with Crippen LogP contribution in [0, 0.1) is 0 Å². The van der Waals surface area contributed by atoms with Gasteiger partial charge in [0, 0.05) is 28.7 Å². The highest BCUT2D eigenvalue weighted by atomic mass is 35.5. The van der Waals surface area contributed by atoms with Crippen molar-refractivity contribution in [3.05, 3.63) is 87.9 Å². The Morgan fingerprint density at radius 2 is 1.56 bits per heavy atom. The molecule has 0 atom stereocenters. The van der Waals surface area contributed by atoms with Crippen molar-refractivity contribution < 1.29 is 9.47 Å². The number of hydrogen-bond acceptors (Lipinski definition) is 3. The molecule has 0 unspecified atom stereocenters. The maximum Gasteiger partial charge on any atom is 0.161 e. The van der Waals surface area contributed by atoms with Crippen molar-refractivity contribution in [2.45, 2.75) is 13.0 Å². The van der Waals surface area contributed by atoms with Crippen LogP contribution in [0.3, 0.4) is 0 Å². The second kappa shape index (κ2) is 9.54. The predicted molar refractivity (Wildman–Crippen MR) is 112 cm³/mol. The summed E-state index contributed by atoms with van der Waals surface area (Å²) < 4.78 is 11.4. The van der Waals surface area contributed by atoms with Gasteiger partial charge in [-0.05, 0) is 41.5 Å². The Balaban J connectivity index is 1.59. The van der Waals surface area contributed by atoms with Crippen molar-refractivity contribution in [2.75, 3.05) is 19.0 Å². The normalized spacial score (nSPS) is 10.5. The van der Waals surface area contributed by atoms with E-state index >= 15 is 0 Å². The monoisotopic (exact) mass is 401 g/mol. The Bertz CT molecular complexity index is 864. The summed E-state index contributed by atoms with van der Waals surface area (Å²) in [5, 5.41) is 4.52. The zero-order valence-electron chi connectivity index (χ0n) is 15.0. The highest BCUT2D eigenvalue weighted by Gasteiger charge is 2.07. The average molecular weight is 402 g/mol. The lowest BCUT2D eigenvalue weighted by Crippen LogP contribution is -2.04. The van der Waals surface area contributed by atoms with Crippen molar-refractivity contribution in [3.8, 4) is 11.5 Å². The van der Waals surface area contributed by atoms with Crippen molar-refractivity contribution in [3.63, 3.8) is 0 Å². The fourth-order valence-corrected chi connectivity index (χ4v) is 3.25. The molecule has 0 aliphatic rings. The van der Waals surface area contributed by atoms with E-state index in [1.54, 1.807) is 13.2 Å². The minimum atomic E-state index is 0.596. The maximum atomic E-state index is 6.03. The number of methoxy groups -OCH3 is 1. The van der Waals surface area contributed by atoms with E-state index in [0.29, 0.717) is 28.9 Å². The van der Waals surface area contributed by atoms with Crippen LogP contribution in [-0.2, 0) is 13.0 Å². The van der Waals surface area contributed by atoms with Gasteiger partial charge < -0.3 is 14.8 Å². The number of benzene rings is 3. The molecule has 0 fully saturated rings. The number of halogens is 2. The molecule has 0 aromatic heterocycles. The summed E-state index contributed by atoms with van der Waals surface area (Å²) in [5.41, 5.74) is 3.19. The number of ether oxygens (including phenoxy) is 2. The summed E-state index contributed by atoms with van der Waals surface area (Å²) in [6.07, 6.45) is 0.850. The van der Waals surface area contributed by atoms with E-state index in [-0.39, 0.29) is 0 Å². The first kappa shape index (κ1) is 19.4. The molecule has 3 aromatic carbocycles. The lowest BCUT2D eigenvalue weighted by atomic mass is 10.1. The molecule has 3 rings (SSSR count). The zero-order chi connectivity index (χ0) is 19.1. The summed E-state index contributed by atoms with van der Waals surface area (Å²) in [7, 11) is 1.65. The zero-order valence-corrected chi connectivity index (χ0v) is 16.6. The standard InChI is InChI=1S/C22H21Cl2NO2/c1-26-22-11-17(15-25-20-13-18(23)12-19(24)14-20)7-8-21(22)27-10-9-16-5-3-2-4-6-16/h2-8,11-14,25H,9-10,15H2,1H3. The van der Waals surface area contributed by atoms with Gasteiger partial charge in [-0.15, -0.1) is 0 Å². The molecule has 0 aliphatic heterocycles. The smallest absolute Gasteiger partial charge is 0.161 e. The number of anilines is 1. The average Bonchev–Trinajstić information content (AvgIpc) is 2.67. The molecular weight excluding hydrogens is 381 g/mol. The molecule has 0 aliphatic carbocycles. The molecule has 140 valence electrons. The van der Waals surface area contributed by atoms with Gasteiger partial charge in [0.05, 0.1) is 13.7 Å². The van der Waals surface area contributed by atoms with Gasteiger partial charge in [-0.1, -0.05) is 59.6 Å². The van der Waals surface area contributed by atoms with Crippen LogP contribution in [0.25, 0.3) is 0 Å². The largest absolute Gasteiger partial charge is 0.493 e. The Labute approximate surface area is 169 Å². The third-order valence-electron chi connectivity index (χ3n) is 4.08. The molecule has 0 saturated carbocycles. The van der Waals surface area contributed by atoms with Crippen molar-refractivity contribution in [2.24, 2.45) is 0 Å². The van der Waals surface area contributed by atoms with E-state index in [1.807, 2.05) is 48.5 Å². The molecule has 27 heavy (non-hydrogen) atoms. The Hall–Kier alpha value is -2.36. The maximum absolute atomic E-state index is 6.03. The molecule has 0 bridgehead atoms. The summed E-state index contributed by atoms with van der Waals surface area (Å²) >= 11 is 12.1. The molecule has 0 spiro atoms. The fourth-order valence-electron chi connectivity index (χ4n) is 2.72. The highest BCUT2D eigenvalue weighted by Crippen LogP contribution is 2.29. The Morgan fingerprint density at radius 3 is 2.26 bits per heavy atom. The molecule has 0 radical (unpaired) electrons. The summed E-state index contributed by atoms with van der Waals surface area (Å²) in [6, 6.07) is 21.6. The molecule has 0 amide bonds. The van der Waals surface area contributed by atoms with Gasteiger partial charge in [0.1, 0.15) is 0 Å². The molecule has 0 saturated heterocycles. The van der Waals surface area contributed by atoms with E-state index in [0.717, 1.165) is 23.4 Å². The molecular formula is C22H21Cl2NO2. The Morgan fingerprint density at radius 1 is 0.815 bits per heavy atom. The summed E-state index contributed by atoms with van der Waals surface area (Å²) in [6.45, 7) is 1.22. The predicted octanol–water partition coefficient (Wildman–Crippen LogP) is 6.24. The number of rotatable bonds is 8. The lowest BCUT2D eigenvalue weighted by molar-refractivity contribution is 0.297. The van der Waals surface area contributed by atoms with E-state index in [4.69, 9.17) is 32.7 Å². The van der Waals surface area contributed by atoms with Gasteiger partial charge in [-0.3, -0.25) is 0 Å². The van der Waals surface area contributed by atoms with Crippen LogP contribution in [0.1, 0.15) is 11.1 Å². The topological polar surface area (TPSA) is 30.5 Å². The second-order valence-electron chi connectivity index (χ2n) is 6.08.